The topological polar surface area (TPSA) is 130 Å². The molecule has 0 saturated carbocycles. The fourth-order valence-corrected chi connectivity index (χ4v) is 6.70. The van der Waals surface area contributed by atoms with E-state index >= 15 is 0 Å². The number of nitrogens with one attached hydrogen (secondary N) is 2. The minimum absolute atomic E-state index is 0.130. The molecule has 218 valence electrons. The second-order valence-corrected chi connectivity index (χ2v) is 12.6. The van der Waals surface area contributed by atoms with E-state index in [9.17, 15) is 13.5 Å². The largest absolute Gasteiger partial charge is 0.387 e. The summed E-state index contributed by atoms with van der Waals surface area (Å²) in [4.78, 5) is 8.68. The summed E-state index contributed by atoms with van der Waals surface area (Å²) in [5, 5.41) is 20.8. The zero-order chi connectivity index (χ0) is 29.6. The Morgan fingerprint density at radius 3 is 2.56 bits per heavy atom. The van der Waals surface area contributed by atoms with Crippen LogP contribution in [0, 0.1) is 0 Å². The molecule has 3 heterocycles. The van der Waals surface area contributed by atoms with Crippen molar-refractivity contribution >= 4 is 37.1 Å². The van der Waals surface area contributed by atoms with Crippen LogP contribution in [0.4, 0.5) is 5.69 Å². The van der Waals surface area contributed by atoms with Crippen molar-refractivity contribution in [3.63, 3.8) is 0 Å². The third-order valence-corrected chi connectivity index (χ3v) is 9.41. The molecule has 0 aliphatic carbocycles. The number of hydrogen-bond donors (Lipinski definition) is 3. The minimum Gasteiger partial charge on any atom is -0.387 e. The van der Waals surface area contributed by atoms with Crippen LogP contribution in [0.3, 0.4) is 0 Å². The SMILES string of the molecule is O=S(=O)(Nc1ccc(CCNCC(O)c2cccnc2)cc1)c1ccc(-c2noc(Cc3csc4ccccc34)n2)cc1. The van der Waals surface area contributed by atoms with Gasteiger partial charge in [0, 0.05) is 40.5 Å². The number of anilines is 1. The number of pyridine rings is 1. The number of rotatable bonds is 12. The molecule has 43 heavy (non-hydrogen) atoms. The van der Waals surface area contributed by atoms with Gasteiger partial charge in [-0.2, -0.15) is 4.98 Å². The van der Waals surface area contributed by atoms with Crippen LogP contribution in [0.25, 0.3) is 21.5 Å². The van der Waals surface area contributed by atoms with Gasteiger partial charge in [0.15, 0.2) is 0 Å². The Bertz CT molecular complexity index is 1910. The second kappa shape index (κ2) is 12.8. The molecule has 0 aliphatic rings. The molecule has 1 unspecified atom stereocenters. The van der Waals surface area contributed by atoms with E-state index in [-0.39, 0.29) is 4.90 Å². The first-order valence-corrected chi connectivity index (χ1v) is 16.1. The average Bonchev–Trinajstić information content (AvgIpc) is 3.68. The highest BCUT2D eigenvalue weighted by atomic mass is 32.2. The first kappa shape index (κ1) is 28.7. The van der Waals surface area contributed by atoms with E-state index in [1.807, 2.05) is 30.3 Å². The van der Waals surface area contributed by atoms with Crippen molar-refractivity contribution in [1.29, 1.82) is 0 Å². The quantitative estimate of drug-likeness (QED) is 0.152. The van der Waals surface area contributed by atoms with E-state index in [2.05, 4.69) is 42.7 Å². The Labute approximate surface area is 253 Å². The molecule has 9 nitrogen and oxygen atoms in total. The fourth-order valence-electron chi connectivity index (χ4n) is 4.68. The van der Waals surface area contributed by atoms with Crippen LogP contribution in [0.5, 0.6) is 0 Å². The van der Waals surface area contributed by atoms with Crippen molar-refractivity contribution in [1.82, 2.24) is 20.4 Å². The van der Waals surface area contributed by atoms with E-state index in [0.29, 0.717) is 42.5 Å². The van der Waals surface area contributed by atoms with Crippen LogP contribution in [0.2, 0.25) is 0 Å². The number of thiophene rings is 1. The Balaban J connectivity index is 1.02. The summed E-state index contributed by atoms with van der Waals surface area (Å²) in [7, 11) is -3.79. The van der Waals surface area contributed by atoms with Gasteiger partial charge < -0.3 is 14.9 Å². The van der Waals surface area contributed by atoms with Crippen molar-refractivity contribution < 1.29 is 18.0 Å². The first-order valence-electron chi connectivity index (χ1n) is 13.7. The van der Waals surface area contributed by atoms with E-state index in [1.54, 1.807) is 54.1 Å². The molecule has 0 spiro atoms. The molecule has 0 amide bonds. The summed E-state index contributed by atoms with van der Waals surface area (Å²) >= 11 is 1.68. The third-order valence-electron chi connectivity index (χ3n) is 7.00. The predicted molar refractivity (Wildman–Crippen MR) is 167 cm³/mol. The Morgan fingerprint density at radius 1 is 0.953 bits per heavy atom. The molecule has 3 N–H and O–H groups in total. The summed E-state index contributed by atoms with van der Waals surface area (Å²) < 4.78 is 35.4. The molecule has 0 bridgehead atoms. The lowest BCUT2D eigenvalue weighted by molar-refractivity contribution is 0.174. The van der Waals surface area contributed by atoms with Crippen LogP contribution >= 0.6 is 11.3 Å². The van der Waals surface area contributed by atoms with Crippen LogP contribution < -0.4 is 10.0 Å². The zero-order valence-corrected chi connectivity index (χ0v) is 24.7. The lowest BCUT2D eigenvalue weighted by atomic mass is 10.1. The van der Waals surface area contributed by atoms with Gasteiger partial charge >= 0.3 is 0 Å². The number of sulfonamides is 1. The molecule has 6 rings (SSSR count). The highest BCUT2D eigenvalue weighted by Crippen LogP contribution is 2.28. The number of benzene rings is 3. The summed E-state index contributed by atoms with van der Waals surface area (Å²) in [5.74, 6) is 0.904. The van der Waals surface area contributed by atoms with Gasteiger partial charge in [-0.3, -0.25) is 9.71 Å². The van der Waals surface area contributed by atoms with Gasteiger partial charge in [-0.1, -0.05) is 41.6 Å². The van der Waals surface area contributed by atoms with Gasteiger partial charge in [0.2, 0.25) is 11.7 Å². The molecule has 0 aliphatic heterocycles. The first-order chi connectivity index (χ1) is 20.9. The molecule has 3 aromatic carbocycles. The second-order valence-electron chi connectivity index (χ2n) is 10.0. The average molecular weight is 612 g/mol. The zero-order valence-electron chi connectivity index (χ0n) is 23.1. The maximum atomic E-state index is 13.0. The van der Waals surface area contributed by atoms with Gasteiger partial charge in [0.1, 0.15) is 0 Å². The Morgan fingerprint density at radius 2 is 1.77 bits per heavy atom. The molecule has 0 fully saturated rings. The Kier molecular flexibility index (Phi) is 8.57. The molecule has 3 aromatic heterocycles. The van der Waals surface area contributed by atoms with Gasteiger partial charge in [0.25, 0.3) is 10.0 Å². The van der Waals surface area contributed by atoms with E-state index in [4.69, 9.17) is 4.52 Å². The van der Waals surface area contributed by atoms with Crippen LogP contribution in [0.15, 0.2) is 112 Å². The summed E-state index contributed by atoms with van der Waals surface area (Å²) in [6.07, 6.45) is 3.96. The fraction of sp³-hybridized carbons (Fsp3) is 0.156. The summed E-state index contributed by atoms with van der Waals surface area (Å²) in [5.41, 5.74) is 4.07. The van der Waals surface area contributed by atoms with Crippen molar-refractivity contribution in [2.75, 3.05) is 17.8 Å². The maximum absolute atomic E-state index is 13.0. The lowest BCUT2D eigenvalue weighted by Gasteiger charge is -2.12. The van der Waals surface area contributed by atoms with Gasteiger partial charge in [0.05, 0.1) is 17.4 Å². The minimum atomic E-state index is -3.79. The number of fused-ring (bicyclic) bond motifs is 1. The number of aliphatic hydroxyl groups excluding tert-OH is 1. The number of hydrogen-bond acceptors (Lipinski definition) is 9. The predicted octanol–water partition coefficient (Wildman–Crippen LogP) is 5.60. The lowest BCUT2D eigenvalue weighted by Crippen LogP contribution is -2.23. The molecular weight excluding hydrogens is 583 g/mol. The molecule has 6 aromatic rings. The van der Waals surface area contributed by atoms with Crippen molar-refractivity contribution in [2.45, 2.75) is 23.8 Å². The van der Waals surface area contributed by atoms with Gasteiger partial charge in [-0.05, 0) is 83.4 Å². The standard InChI is InChI=1S/C32H29N5O4S2/c38-29(24-4-3-16-33-19-24)20-34-17-15-22-7-11-26(12-8-22)37-43(39,40)27-13-9-23(10-14-27)32-35-31(41-36-32)18-25-21-42-30-6-2-1-5-28(25)30/h1-14,16,19,21,29,34,37-38H,15,17-18,20H2. The highest BCUT2D eigenvalue weighted by molar-refractivity contribution is 7.92. The van der Waals surface area contributed by atoms with Crippen molar-refractivity contribution in [2.24, 2.45) is 0 Å². The van der Waals surface area contributed by atoms with Crippen LogP contribution in [-0.4, -0.2) is 41.7 Å². The van der Waals surface area contributed by atoms with Gasteiger partial charge in [-0.15, -0.1) is 11.3 Å². The van der Waals surface area contributed by atoms with E-state index in [1.165, 1.54) is 22.2 Å². The Hall–Kier alpha value is -4.42. The molecule has 0 saturated heterocycles. The number of aromatic nitrogens is 3. The van der Waals surface area contributed by atoms with Crippen molar-refractivity contribution in [3.8, 4) is 11.4 Å². The third kappa shape index (κ3) is 6.98. The van der Waals surface area contributed by atoms with Gasteiger partial charge in [-0.25, -0.2) is 8.42 Å². The summed E-state index contributed by atoms with van der Waals surface area (Å²) in [6.45, 7) is 1.09. The molecule has 11 heteroatoms. The smallest absolute Gasteiger partial charge is 0.261 e. The van der Waals surface area contributed by atoms with E-state index in [0.717, 1.165) is 23.1 Å². The number of nitrogens with zero attached hydrogens (tertiary/aromatic N) is 3. The molecule has 1 atom stereocenters. The highest BCUT2D eigenvalue weighted by Gasteiger charge is 2.17. The molecular formula is C32H29N5O4S2. The monoisotopic (exact) mass is 611 g/mol. The maximum Gasteiger partial charge on any atom is 0.261 e. The van der Waals surface area contributed by atoms with Crippen LogP contribution in [0.1, 0.15) is 28.7 Å². The molecule has 0 radical (unpaired) electrons. The normalized spacial score (nSPS) is 12.4. The number of aliphatic hydroxyl groups is 1. The van der Waals surface area contributed by atoms with Crippen molar-refractivity contribution in [3.05, 3.63) is 125 Å². The van der Waals surface area contributed by atoms with Crippen LogP contribution in [-0.2, 0) is 22.9 Å². The van der Waals surface area contributed by atoms with E-state index < -0.39 is 16.1 Å². The summed E-state index contributed by atoms with van der Waals surface area (Å²) in [6, 6.07) is 25.5.